The van der Waals surface area contributed by atoms with Crippen molar-refractivity contribution < 1.29 is 26.1 Å². The van der Waals surface area contributed by atoms with Crippen molar-refractivity contribution in [1.29, 1.82) is 0 Å². The van der Waals surface area contributed by atoms with Gasteiger partial charge in [-0.3, -0.25) is 0 Å². The highest BCUT2D eigenvalue weighted by molar-refractivity contribution is 7.89. The number of alkyl halides is 2. The third-order valence-electron chi connectivity index (χ3n) is 9.13. The van der Waals surface area contributed by atoms with Crippen LogP contribution in [0.5, 0.6) is 0 Å². The molecule has 0 aromatic heterocycles. The Kier molecular flexibility index (Phi) is 13.9. The summed E-state index contributed by atoms with van der Waals surface area (Å²) < 4.78 is 71.3. The summed E-state index contributed by atoms with van der Waals surface area (Å²) in [5, 5.41) is -0.00944. The summed E-state index contributed by atoms with van der Waals surface area (Å²) in [5.41, 5.74) is 0.909. The van der Waals surface area contributed by atoms with Gasteiger partial charge in [-0.2, -0.15) is 4.31 Å². The lowest BCUT2D eigenvalue weighted by Crippen LogP contribution is -2.48. The van der Waals surface area contributed by atoms with E-state index in [1.165, 1.54) is 11.2 Å². The van der Waals surface area contributed by atoms with Crippen molar-refractivity contribution in [3.8, 4) is 0 Å². The van der Waals surface area contributed by atoms with Crippen LogP contribution in [-0.2, 0) is 25.5 Å². The van der Waals surface area contributed by atoms with E-state index in [9.17, 15) is 17.2 Å². The van der Waals surface area contributed by atoms with Gasteiger partial charge in [0.2, 0.25) is 15.9 Å². The first-order valence-corrected chi connectivity index (χ1v) is 22.5. The molecule has 0 unspecified atom stereocenters. The summed E-state index contributed by atoms with van der Waals surface area (Å²) in [6.45, 7) is 25.8. The zero-order valence-electron chi connectivity index (χ0n) is 28.0. The molecule has 240 valence electrons. The summed E-state index contributed by atoms with van der Waals surface area (Å²) in [7, 11) is -8.14. The second-order valence-electron chi connectivity index (χ2n) is 14.5. The first-order chi connectivity index (χ1) is 18.5. The van der Waals surface area contributed by atoms with Crippen LogP contribution in [0, 0.1) is 0 Å². The average Bonchev–Trinajstić information content (AvgIpc) is 2.85. The van der Waals surface area contributed by atoms with Gasteiger partial charge in [-0.1, -0.05) is 80.4 Å². The fraction of sp³-hybridized carbons (Fsp3) is 0.806. The molecule has 10 heteroatoms. The van der Waals surface area contributed by atoms with Crippen LogP contribution in [0.4, 0.5) is 8.78 Å². The Hall–Kier alpha value is -0.656. The smallest absolute Gasteiger partial charge is 0.248 e. The molecule has 0 saturated heterocycles. The minimum atomic E-state index is -3.95. The molecular formula is C31H59F2NO4SSi2. The quantitative estimate of drug-likeness (QED) is 0.126. The Bertz CT molecular complexity index is 1030. The fourth-order valence-corrected chi connectivity index (χ4v) is 7.46. The van der Waals surface area contributed by atoms with Crippen LogP contribution < -0.4 is 0 Å². The number of benzene rings is 1. The summed E-state index contributed by atoms with van der Waals surface area (Å²) in [6, 6.07) is 6.18. The Morgan fingerprint density at radius 1 is 0.854 bits per heavy atom. The monoisotopic (exact) mass is 635 g/mol. The molecule has 0 N–H and O–H groups in total. The van der Waals surface area contributed by atoms with Gasteiger partial charge in [0.1, 0.15) is 0 Å². The molecule has 0 aliphatic heterocycles. The van der Waals surface area contributed by atoms with Crippen LogP contribution in [-0.4, -0.2) is 54.5 Å². The molecular weight excluding hydrogens is 577 g/mol. The number of rotatable bonds is 17. The van der Waals surface area contributed by atoms with E-state index < -0.39 is 38.6 Å². The van der Waals surface area contributed by atoms with Crippen LogP contribution >= 0.6 is 0 Å². The predicted molar refractivity (Wildman–Crippen MR) is 173 cm³/mol. The normalized spacial score (nSPS) is 15.0. The zero-order valence-corrected chi connectivity index (χ0v) is 30.8. The summed E-state index contributed by atoms with van der Waals surface area (Å²) >= 11 is 0. The minimum Gasteiger partial charge on any atom is -0.415 e. The molecule has 0 aliphatic rings. The lowest BCUT2D eigenvalue weighted by atomic mass is 10.1. The molecule has 0 fully saturated rings. The van der Waals surface area contributed by atoms with E-state index in [1.807, 2.05) is 0 Å². The summed E-state index contributed by atoms with van der Waals surface area (Å²) in [4.78, 5) is 0.171. The van der Waals surface area contributed by atoms with Crippen LogP contribution in [0.3, 0.4) is 0 Å². The molecule has 0 heterocycles. The lowest BCUT2D eigenvalue weighted by Gasteiger charge is -2.39. The molecule has 0 aliphatic carbocycles. The maximum atomic E-state index is 14.4. The Balaban J connectivity index is 3.37. The van der Waals surface area contributed by atoms with Gasteiger partial charge < -0.3 is 8.85 Å². The van der Waals surface area contributed by atoms with Crippen LogP contribution in [0.15, 0.2) is 29.2 Å². The highest BCUT2D eigenvalue weighted by atomic mass is 32.2. The summed E-state index contributed by atoms with van der Waals surface area (Å²) in [5.74, 6) is -2.85. The molecule has 1 rings (SSSR count). The largest absolute Gasteiger partial charge is 0.415 e. The Morgan fingerprint density at radius 3 is 1.83 bits per heavy atom. The molecule has 1 atom stereocenters. The Labute approximate surface area is 253 Å². The van der Waals surface area contributed by atoms with Crippen LogP contribution in [0.25, 0.3) is 0 Å². The van der Waals surface area contributed by atoms with Crippen molar-refractivity contribution in [2.24, 2.45) is 0 Å². The van der Waals surface area contributed by atoms with Gasteiger partial charge >= 0.3 is 0 Å². The predicted octanol–water partition coefficient (Wildman–Crippen LogP) is 9.61. The van der Waals surface area contributed by atoms with Gasteiger partial charge in [-0.25, -0.2) is 17.2 Å². The highest BCUT2D eigenvalue weighted by Gasteiger charge is 2.41. The molecule has 1 aromatic rings. The van der Waals surface area contributed by atoms with E-state index in [0.29, 0.717) is 13.0 Å². The van der Waals surface area contributed by atoms with Crippen molar-refractivity contribution in [2.45, 2.75) is 154 Å². The molecule has 0 spiro atoms. The highest BCUT2D eigenvalue weighted by Crippen LogP contribution is 2.38. The van der Waals surface area contributed by atoms with Crippen molar-refractivity contribution in [1.82, 2.24) is 4.31 Å². The van der Waals surface area contributed by atoms with E-state index in [4.69, 9.17) is 8.85 Å². The molecule has 0 amide bonds. The maximum Gasteiger partial charge on any atom is 0.248 e. The second-order valence-corrected chi connectivity index (χ2v) is 26.0. The van der Waals surface area contributed by atoms with Gasteiger partial charge in [0.05, 0.1) is 18.1 Å². The van der Waals surface area contributed by atoms with Gasteiger partial charge in [0.15, 0.2) is 16.6 Å². The number of unbranched alkanes of at least 4 members (excludes halogenated alkanes) is 2. The standard InChI is InChI=1S/C31H59F2NO4SSi2/c1-13-15-16-23-34(27(21-22-31(32,33)14-2)25-38-41(11,12)30(6,7)8)39(35,36)28-19-17-26(18-20-28)24-37-40(9,10)29(3,4)5/h17-20,27H,13-16,21-25H2,1-12H3/t27-/m0/s1. The molecule has 0 radical (unpaired) electrons. The lowest BCUT2D eigenvalue weighted by molar-refractivity contribution is -0.0193. The number of nitrogens with zero attached hydrogens (tertiary/aromatic N) is 1. The van der Waals surface area contributed by atoms with Crippen molar-refractivity contribution in [2.75, 3.05) is 13.2 Å². The maximum absolute atomic E-state index is 14.4. The number of sulfonamides is 1. The zero-order chi connectivity index (χ0) is 31.9. The van der Waals surface area contributed by atoms with Gasteiger partial charge in [-0.15, -0.1) is 0 Å². The molecule has 41 heavy (non-hydrogen) atoms. The molecule has 5 nitrogen and oxygen atoms in total. The van der Waals surface area contributed by atoms with Gasteiger partial charge in [0.25, 0.3) is 0 Å². The molecule has 0 bridgehead atoms. The van der Waals surface area contributed by atoms with Crippen LogP contribution in [0.2, 0.25) is 36.3 Å². The SMILES string of the molecule is CCCCCN([C@@H](CCC(F)(F)CC)CO[Si](C)(C)C(C)(C)C)S(=O)(=O)c1ccc(CO[Si](C)(C)C(C)(C)C)cc1. The van der Waals surface area contributed by atoms with E-state index in [1.54, 1.807) is 24.3 Å². The Morgan fingerprint density at radius 2 is 1.37 bits per heavy atom. The van der Waals surface area contributed by atoms with E-state index in [-0.39, 0.29) is 47.4 Å². The minimum absolute atomic E-state index is 0.0409. The van der Waals surface area contributed by atoms with Crippen LogP contribution in [0.1, 0.15) is 99.5 Å². The average molecular weight is 636 g/mol. The second kappa shape index (κ2) is 14.9. The molecule has 0 saturated carbocycles. The van der Waals surface area contributed by atoms with Crippen molar-refractivity contribution in [3.63, 3.8) is 0 Å². The summed E-state index contributed by atoms with van der Waals surface area (Å²) in [6.07, 6.45) is 1.84. The topological polar surface area (TPSA) is 55.8 Å². The van der Waals surface area contributed by atoms with E-state index in [2.05, 4.69) is 74.7 Å². The third-order valence-corrected chi connectivity index (χ3v) is 20.1. The van der Waals surface area contributed by atoms with E-state index >= 15 is 0 Å². The first kappa shape index (κ1) is 38.4. The first-order valence-electron chi connectivity index (χ1n) is 15.3. The fourth-order valence-electron chi connectivity index (χ4n) is 3.78. The van der Waals surface area contributed by atoms with E-state index in [0.717, 1.165) is 18.4 Å². The molecule has 1 aromatic carbocycles. The number of halogens is 2. The van der Waals surface area contributed by atoms with Gasteiger partial charge in [0, 0.05) is 25.4 Å². The van der Waals surface area contributed by atoms with Crippen molar-refractivity contribution in [3.05, 3.63) is 29.8 Å². The van der Waals surface area contributed by atoms with Crippen molar-refractivity contribution >= 4 is 26.7 Å². The third kappa shape index (κ3) is 11.4. The van der Waals surface area contributed by atoms with Gasteiger partial charge in [-0.05, 0) is 66.8 Å². The number of hydrogen-bond acceptors (Lipinski definition) is 4. The number of hydrogen-bond donors (Lipinski definition) is 0.